The van der Waals surface area contributed by atoms with Crippen molar-refractivity contribution in [1.29, 1.82) is 0 Å². The molecule has 3 N–H and O–H groups in total. The Labute approximate surface area is 161 Å². The summed E-state index contributed by atoms with van der Waals surface area (Å²) in [6.07, 6.45) is 1.61. The molecule has 0 spiro atoms. The van der Waals surface area contributed by atoms with Gasteiger partial charge in [-0.3, -0.25) is 4.79 Å². The average Bonchev–Trinajstić information content (AvgIpc) is 3.16. The van der Waals surface area contributed by atoms with Crippen molar-refractivity contribution in [2.75, 3.05) is 18.2 Å². The molecule has 3 aromatic rings. The summed E-state index contributed by atoms with van der Waals surface area (Å²) in [4.78, 5) is 19.1. The average molecular weight is 381 g/mol. The summed E-state index contributed by atoms with van der Waals surface area (Å²) in [6.45, 7) is 0.284. The molecule has 0 radical (unpaired) electrons. The molecule has 7 heteroatoms. The number of rotatable bonds is 7. The van der Waals surface area contributed by atoms with Gasteiger partial charge in [0.05, 0.1) is 29.6 Å². The third-order valence-electron chi connectivity index (χ3n) is 3.67. The lowest BCUT2D eigenvalue weighted by Crippen LogP contribution is -2.11. The van der Waals surface area contributed by atoms with Crippen molar-refractivity contribution in [3.63, 3.8) is 0 Å². The summed E-state index contributed by atoms with van der Waals surface area (Å²) in [5, 5.41) is 6.76. The number of carbonyl (C=O) groups excluding carboxylic acids is 1. The van der Waals surface area contributed by atoms with E-state index < -0.39 is 0 Å². The van der Waals surface area contributed by atoms with Crippen LogP contribution in [0.5, 0.6) is 5.75 Å². The van der Waals surface area contributed by atoms with Crippen LogP contribution >= 0.6 is 11.3 Å². The molecule has 0 unspecified atom stereocenters. The highest BCUT2D eigenvalue weighted by molar-refractivity contribution is 7.14. The van der Waals surface area contributed by atoms with E-state index in [1.165, 1.54) is 11.3 Å². The highest BCUT2D eigenvalue weighted by Gasteiger charge is 2.11. The lowest BCUT2D eigenvalue weighted by atomic mass is 10.2. The van der Waals surface area contributed by atoms with Crippen LogP contribution in [0.15, 0.2) is 65.8 Å². The first kappa shape index (κ1) is 18.5. The number of hydrogen-bond acceptors (Lipinski definition) is 6. The van der Waals surface area contributed by atoms with E-state index in [9.17, 15) is 4.79 Å². The molecule has 6 nitrogen and oxygen atoms in total. The number of amides is 1. The highest BCUT2D eigenvalue weighted by Crippen LogP contribution is 2.22. The van der Waals surface area contributed by atoms with Gasteiger partial charge in [0, 0.05) is 4.88 Å². The second-order valence-corrected chi connectivity index (χ2v) is 6.76. The number of anilines is 2. The molecule has 0 saturated carbocycles. The molecule has 0 atom stereocenters. The van der Waals surface area contributed by atoms with Gasteiger partial charge in [-0.25, -0.2) is 0 Å². The molecule has 27 heavy (non-hydrogen) atoms. The normalized spacial score (nSPS) is 10.7. The van der Waals surface area contributed by atoms with Crippen molar-refractivity contribution in [3.8, 4) is 5.75 Å². The van der Waals surface area contributed by atoms with Crippen LogP contribution in [0.4, 0.5) is 11.4 Å². The van der Waals surface area contributed by atoms with Gasteiger partial charge in [0.15, 0.2) is 6.61 Å². The van der Waals surface area contributed by atoms with Crippen LogP contribution in [-0.2, 0) is 11.4 Å². The Morgan fingerprint density at radius 3 is 2.85 bits per heavy atom. The maximum absolute atomic E-state index is 12.3. The number of nitrogens with two attached hydrogens (primary N) is 1. The fourth-order valence-corrected chi connectivity index (χ4v) is 3.10. The topological polar surface area (TPSA) is 85.9 Å². The first-order chi connectivity index (χ1) is 13.2. The van der Waals surface area contributed by atoms with Crippen LogP contribution in [0.1, 0.15) is 20.1 Å². The maximum Gasteiger partial charge on any atom is 0.265 e. The molecule has 0 fully saturated rings. The Morgan fingerprint density at radius 2 is 2.04 bits per heavy atom. The van der Waals surface area contributed by atoms with E-state index in [-0.39, 0.29) is 12.5 Å². The summed E-state index contributed by atoms with van der Waals surface area (Å²) in [6, 6.07) is 18.2. The van der Waals surface area contributed by atoms with E-state index in [0.717, 1.165) is 16.2 Å². The molecule has 0 aliphatic rings. The molecule has 1 heterocycles. The van der Waals surface area contributed by atoms with Gasteiger partial charge < -0.3 is 20.6 Å². The minimum absolute atomic E-state index is 0.205. The van der Waals surface area contributed by atoms with Crippen molar-refractivity contribution in [2.24, 2.45) is 5.16 Å². The van der Waals surface area contributed by atoms with Crippen LogP contribution in [0.25, 0.3) is 0 Å². The van der Waals surface area contributed by atoms with Gasteiger partial charge in [-0.1, -0.05) is 29.4 Å². The number of benzene rings is 2. The lowest BCUT2D eigenvalue weighted by Gasteiger charge is -2.06. The van der Waals surface area contributed by atoms with E-state index in [2.05, 4.69) is 10.5 Å². The molecule has 1 amide bonds. The smallest absolute Gasteiger partial charge is 0.265 e. The molecule has 138 valence electrons. The van der Waals surface area contributed by atoms with E-state index in [1.807, 2.05) is 42.5 Å². The summed E-state index contributed by atoms with van der Waals surface area (Å²) in [7, 11) is 1.61. The second-order valence-electron chi connectivity index (χ2n) is 5.59. The number of para-hydroxylation sites is 2. The van der Waals surface area contributed by atoms with Crippen molar-refractivity contribution < 1.29 is 14.4 Å². The fraction of sp³-hybridized carbons (Fsp3) is 0.100. The molecule has 0 aliphatic heterocycles. The zero-order valence-electron chi connectivity index (χ0n) is 14.7. The number of methoxy groups -OCH3 is 1. The number of carbonyl (C=O) groups is 1. The monoisotopic (exact) mass is 381 g/mol. The Hall–Kier alpha value is -3.32. The Balaban J connectivity index is 1.54. The lowest BCUT2D eigenvalue weighted by molar-refractivity contribution is 0.103. The fourth-order valence-electron chi connectivity index (χ4n) is 2.29. The summed E-state index contributed by atoms with van der Waals surface area (Å²) in [5.74, 6) is 0.552. The number of ether oxygens (including phenoxy) is 1. The van der Waals surface area contributed by atoms with Gasteiger partial charge in [-0.2, -0.15) is 0 Å². The maximum atomic E-state index is 12.3. The van der Waals surface area contributed by atoms with Gasteiger partial charge in [0.2, 0.25) is 0 Å². The largest absolute Gasteiger partial charge is 0.497 e. The standard InChI is InChI=1S/C20H19N3O3S/c1-25-15-6-4-5-14(11-15)12-22-26-13-16-9-10-19(27-16)20(24)23-18-8-3-2-7-17(18)21/h2-12H,13,21H2,1H3,(H,23,24)/b22-12+. The highest BCUT2D eigenvalue weighted by atomic mass is 32.1. The number of thiophene rings is 1. The second kappa shape index (κ2) is 8.86. The Bertz CT molecular complexity index is 953. The predicted octanol–water partition coefficient (Wildman–Crippen LogP) is 4.14. The quantitative estimate of drug-likeness (QED) is 0.366. The van der Waals surface area contributed by atoms with Crippen LogP contribution < -0.4 is 15.8 Å². The van der Waals surface area contributed by atoms with Gasteiger partial charge in [-0.05, 0) is 42.0 Å². The van der Waals surface area contributed by atoms with Crippen molar-refractivity contribution in [3.05, 3.63) is 76.0 Å². The third kappa shape index (κ3) is 5.08. The zero-order chi connectivity index (χ0) is 19.1. The number of oxime groups is 1. The van der Waals surface area contributed by atoms with Crippen LogP contribution in [-0.4, -0.2) is 19.2 Å². The molecule has 0 saturated heterocycles. The molecule has 0 bridgehead atoms. The predicted molar refractivity (Wildman–Crippen MR) is 109 cm³/mol. The summed E-state index contributed by atoms with van der Waals surface area (Å²) in [5.41, 5.74) is 7.84. The van der Waals surface area contributed by atoms with Crippen molar-refractivity contribution >= 4 is 34.8 Å². The van der Waals surface area contributed by atoms with Gasteiger partial charge in [-0.15, -0.1) is 11.3 Å². The van der Waals surface area contributed by atoms with Crippen LogP contribution in [0.3, 0.4) is 0 Å². The molecule has 3 rings (SSSR count). The first-order valence-corrected chi connectivity index (χ1v) is 9.01. The third-order valence-corrected chi connectivity index (χ3v) is 4.73. The molecular formula is C20H19N3O3S. The number of nitrogen functional groups attached to an aromatic ring is 1. The van der Waals surface area contributed by atoms with Crippen molar-refractivity contribution in [2.45, 2.75) is 6.61 Å². The van der Waals surface area contributed by atoms with E-state index in [1.54, 1.807) is 31.5 Å². The molecule has 1 aromatic heterocycles. The molecule has 0 aliphatic carbocycles. The summed E-state index contributed by atoms with van der Waals surface area (Å²) >= 11 is 1.35. The number of hydrogen-bond donors (Lipinski definition) is 2. The van der Waals surface area contributed by atoms with Gasteiger partial charge >= 0.3 is 0 Å². The first-order valence-electron chi connectivity index (χ1n) is 8.19. The number of nitrogens with zero attached hydrogens (tertiary/aromatic N) is 1. The summed E-state index contributed by atoms with van der Waals surface area (Å²) < 4.78 is 5.16. The minimum atomic E-state index is -0.205. The molecular weight excluding hydrogens is 362 g/mol. The van der Waals surface area contributed by atoms with E-state index in [0.29, 0.717) is 16.3 Å². The minimum Gasteiger partial charge on any atom is -0.497 e. The van der Waals surface area contributed by atoms with Gasteiger partial charge in [0.1, 0.15) is 5.75 Å². The van der Waals surface area contributed by atoms with Crippen molar-refractivity contribution in [1.82, 2.24) is 0 Å². The van der Waals surface area contributed by atoms with Gasteiger partial charge in [0.25, 0.3) is 5.91 Å². The van der Waals surface area contributed by atoms with E-state index in [4.69, 9.17) is 15.3 Å². The SMILES string of the molecule is COc1cccc(/C=N/OCc2ccc(C(=O)Nc3ccccc3N)s2)c1. The van der Waals surface area contributed by atoms with Crippen LogP contribution in [0.2, 0.25) is 0 Å². The number of nitrogens with one attached hydrogen (secondary N) is 1. The Morgan fingerprint density at radius 1 is 1.19 bits per heavy atom. The molecule has 2 aromatic carbocycles. The van der Waals surface area contributed by atoms with Crippen LogP contribution in [0, 0.1) is 0 Å². The Kier molecular flexibility index (Phi) is 6.06. The van der Waals surface area contributed by atoms with E-state index >= 15 is 0 Å². The zero-order valence-corrected chi connectivity index (χ0v) is 15.5.